The third kappa shape index (κ3) is 3.44. The molecule has 0 aromatic carbocycles. The zero-order valence-electron chi connectivity index (χ0n) is 10.5. The Labute approximate surface area is 94.0 Å². The topological polar surface area (TPSA) is 38.5 Å². The fourth-order valence-electron chi connectivity index (χ4n) is 2.26. The second-order valence-corrected chi connectivity index (χ2v) is 5.11. The van der Waals surface area contributed by atoms with E-state index in [4.69, 9.17) is 10.5 Å². The van der Waals surface area contributed by atoms with Crippen LogP contribution in [0.15, 0.2) is 0 Å². The molecule has 0 bridgehead atoms. The monoisotopic (exact) mass is 214 g/mol. The van der Waals surface area contributed by atoms with Crippen LogP contribution in [-0.2, 0) is 4.74 Å². The van der Waals surface area contributed by atoms with Gasteiger partial charge in [-0.15, -0.1) is 0 Å². The molecule has 90 valence electrons. The average molecular weight is 214 g/mol. The van der Waals surface area contributed by atoms with Crippen LogP contribution in [-0.4, -0.2) is 44.3 Å². The van der Waals surface area contributed by atoms with E-state index >= 15 is 0 Å². The number of hydrogen-bond donors (Lipinski definition) is 1. The molecule has 1 aliphatic carbocycles. The van der Waals surface area contributed by atoms with E-state index in [2.05, 4.69) is 18.7 Å². The van der Waals surface area contributed by atoms with Gasteiger partial charge in [0.2, 0.25) is 0 Å². The van der Waals surface area contributed by atoms with Gasteiger partial charge >= 0.3 is 0 Å². The number of hydrogen-bond acceptors (Lipinski definition) is 3. The highest BCUT2D eigenvalue weighted by molar-refractivity contribution is 4.91. The molecule has 0 amide bonds. The lowest BCUT2D eigenvalue weighted by Gasteiger charge is -2.45. The van der Waals surface area contributed by atoms with Gasteiger partial charge in [0.25, 0.3) is 0 Å². The molecule has 0 aromatic rings. The van der Waals surface area contributed by atoms with Crippen LogP contribution in [0.5, 0.6) is 0 Å². The van der Waals surface area contributed by atoms with Gasteiger partial charge in [0, 0.05) is 26.2 Å². The molecule has 3 nitrogen and oxygen atoms in total. The first-order valence-corrected chi connectivity index (χ1v) is 6.06. The van der Waals surface area contributed by atoms with Crippen molar-refractivity contribution < 1.29 is 4.74 Å². The third-order valence-electron chi connectivity index (χ3n) is 3.70. The predicted octanol–water partition coefficient (Wildman–Crippen LogP) is 1.47. The van der Waals surface area contributed by atoms with Gasteiger partial charge in [-0.05, 0) is 38.6 Å². The molecule has 1 fully saturated rings. The molecule has 3 heteroatoms. The minimum Gasteiger partial charge on any atom is -0.383 e. The zero-order chi connectivity index (χ0) is 11.3. The Morgan fingerprint density at radius 1 is 1.40 bits per heavy atom. The summed E-state index contributed by atoms with van der Waals surface area (Å²) in [6.07, 6.45) is 3.97. The Bertz CT molecular complexity index is 173. The summed E-state index contributed by atoms with van der Waals surface area (Å²) in [5.74, 6) is 0. The zero-order valence-corrected chi connectivity index (χ0v) is 10.5. The molecule has 2 N–H and O–H groups in total. The minimum atomic E-state index is 0.415. The largest absolute Gasteiger partial charge is 0.383 e. The van der Waals surface area contributed by atoms with Crippen molar-refractivity contribution in [2.24, 2.45) is 11.1 Å². The van der Waals surface area contributed by atoms with Crippen molar-refractivity contribution in [3.8, 4) is 0 Å². The lowest BCUT2D eigenvalue weighted by atomic mass is 9.68. The van der Waals surface area contributed by atoms with E-state index in [1.165, 1.54) is 19.3 Å². The summed E-state index contributed by atoms with van der Waals surface area (Å²) < 4.78 is 5.15. The van der Waals surface area contributed by atoms with Crippen molar-refractivity contribution in [1.82, 2.24) is 4.90 Å². The van der Waals surface area contributed by atoms with Crippen molar-refractivity contribution in [2.45, 2.75) is 39.2 Å². The number of ether oxygens (including phenoxy) is 1. The van der Waals surface area contributed by atoms with Crippen LogP contribution < -0.4 is 5.73 Å². The number of rotatable bonds is 7. The van der Waals surface area contributed by atoms with Crippen LogP contribution >= 0.6 is 0 Å². The fraction of sp³-hybridized carbons (Fsp3) is 1.00. The van der Waals surface area contributed by atoms with Gasteiger partial charge in [0.05, 0.1) is 6.61 Å². The predicted molar refractivity (Wildman–Crippen MR) is 63.9 cm³/mol. The number of nitrogens with zero attached hydrogens (tertiary/aromatic N) is 1. The van der Waals surface area contributed by atoms with E-state index in [1.54, 1.807) is 7.11 Å². The molecule has 0 atom stereocenters. The second kappa shape index (κ2) is 5.83. The van der Waals surface area contributed by atoms with Crippen molar-refractivity contribution >= 4 is 0 Å². The molecule has 0 spiro atoms. The first-order valence-electron chi connectivity index (χ1n) is 6.06. The Balaban J connectivity index is 2.42. The van der Waals surface area contributed by atoms with Crippen LogP contribution in [0, 0.1) is 5.41 Å². The van der Waals surface area contributed by atoms with Gasteiger partial charge in [-0.3, -0.25) is 4.90 Å². The van der Waals surface area contributed by atoms with Crippen molar-refractivity contribution in [1.29, 1.82) is 0 Å². The Kier molecular flexibility index (Phi) is 5.03. The van der Waals surface area contributed by atoms with Crippen LogP contribution in [0.2, 0.25) is 0 Å². The van der Waals surface area contributed by atoms with Crippen LogP contribution in [0.25, 0.3) is 0 Å². The molecular formula is C12H26N2O. The van der Waals surface area contributed by atoms with Gasteiger partial charge in [-0.25, -0.2) is 0 Å². The maximum absolute atomic E-state index is 5.89. The first-order chi connectivity index (χ1) is 7.13. The van der Waals surface area contributed by atoms with Gasteiger partial charge in [-0.1, -0.05) is 6.42 Å². The summed E-state index contributed by atoms with van der Waals surface area (Å²) in [6.45, 7) is 8.32. The van der Waals surface area contributed by atoms with E-state index in [0.29, 0.717) is 11.5 Å². The summed E-state index contributed by atoms with van der Waals surface area (Å²) in [5, 5.41) is 0. The summed E-state index contributed by atoms with van der Waals surface area (Å²) in [6, 6.07) is 0.587. The lowest BCUT2D eigenvalue weighted by Crippen LogP contribution is -2.49. The van der Waals surface area contributed by atoms with Gasteiger partial charge in [0.1, 0.15) is 0 Å². The fourth-order valence-corrected chi connectivity index (χ4v) is 2.26. The SMILES string of the molecule is COCCN(CC1(CN)CCC1)C(C)C. The number of methoxy groups -OCH3 is 1. The standard InChI is InChI=1S/C12H26N2O/c1-11(2)14(7-8-15-3)10-12(9-13)5-4-6-12/h11H,4-10,13H2,1-3H3. The molecule has 0 saturated heterocycles. The molecule has 0 aliphatic heterocycles. The van der Waals surface area contributed by atoms with Crippen LogP contribution in [0.4, 0.5) is 0 Å². The lowest BCUT2D eigenvalue weighted by molar-refractivity contribution is 0.0426. The first kappa shape index (κ1) is 12.9. The Morgan fingerprint density at radius 3 is 2.40 bits per heavy atom. The van der Waals surface area contributed by atoms with E-state index in [-0.39, 0.29) is 0 Å². The molecular weight excluding hydrogens is 188 g/mol. The normalized spacial score (nSPS) is 19.6. The maximum atomic E-state index is 5.89. The van der Waals surface area contributed by atoms with Crippen molar-refractivity contribution in [3.63, 3.8) is 0 Å². The molecule has 0 unspecified atom stereocenters. The summed E-state index contributed by atoms with van der Waals surface area (Å²) in [7, 11) is 1.76. The Hall–Kier alpha value is -0.120. The summed E-state index contributed by atoms with van der Waals surface area (Å²) in [5.41, 5.74) is 6.30. The van der Waals surface area contributed by atoms with E-state index < -0.39 is 0 Å². The quantitative estimate of drug-likeness (QED) is 0.697. The van der Waals surface area contributed by atoms with Crippen LogP contribution in [0.3, 0.4) is 0 Å². The summed E-state index contributed by atoms with van der Waals surface area (Å²) in [4.78, 5) is 2.50. The molecule has 1 saturated carbocycles. The van der Waals surface area contributed by atoms with Crippen molar-refractivity contribution in [2.75, 3.05) is 33.4 Å². The minimum absolute atomic E-state index is 0.415. The maximum Gasteiger partial charge on any atom is 0.0589 e. The molecule has 0 radical (unpaired) electrons. The van der Waals surface area contributed by atoms with E-state index in [0.717, 1.165) is 26.2 Å². The molecule has 15 heavy (non-hydrogen) atoms. The third-order valence-corrected chi connectivity index (χ3v) is 3.70. The molecule has 1 aliphatic rings. The molecule has 1 rings (SSSR count). The summed E-state index contributed by atoms with van der Waals surface area (Å²) >= 11 is 0. The van der Waals surface area contributed by atoms with E-state index in [1.807, 2.05) is 0 Å². The highest BCUT2D eigenvalue weighted by atomic mass is 16.5. The van der Waals surface area contributed by atoms with Gasteiger partial charge < -0.3 is 10.5 Å². The number of nitrogens with two attached hydrogens (primary N) is 1. The smallest absolute Gasteiger partial charge is 0.0589 e. The van der Waals surface area contributed by atoms with Gasteiger partial charge in [0.15, 0.2) is 0 Å². The Morgan fingerprint density at radius 2 is 2.07 bits per heavy atom. The average Bonchev–Trinajstić information content (AvgIpc) is 2.15. The molecule has 0 heterocycles. The highest BCUT2D eigenvalue weighted by Gasteiger charge is 2.37. The highest BCUT2D eigenvalue weighted by Crippen LogP contribution is 2.40. The van der Waals surface area contributed by atoms with Gasteiger partial charge in [-0.2, -0.15) is 0 Å². The van der Waals surface area contributed by atoms with Crippen molar-refractivity contribution in [3.05, 3.63) is 0 Å². The van der Waals surface area contributed by atoms with Crippen LogP contribution in [0.1, 0.15) is 33.1 Å². The molecule has 0 aromatic heterocycles. The van der Waals surface area contributed by atoms with E-state index in [9.17, 15) is 0 Å². The second-order valence-electron chi connectivity index (χ2n) is 5.11.